The van der Waals surface area contributed by atoms with Gasteiger partial charge >= 0.3 is 0 Å². The van der Waals surface area contributed by atoms with Gasteiger partial charge in [-0.2, -0.15) is 0 Å². The van der Waals surface area contributed by atoms with Gasteiger partial charge in [0, 0.05) is 29.9 Å². The molecule has 3 heteroatoms. The molecule has 0 bridgehead atoms. The Hall–Kier alpha value is -1.64. The van der Waals surface area contributed by atoms with Crippen LogP contribution in [-0.4, -0.2) is 23.8 Å². The second-order valence-corrected chi connectivity index (χ2v) is 6.82. The van der Waals surface area contributed by atoms with Gasteiger partial charge in [-0.1, -0.05) is 54.1 Å². The van der Waals surface area contributed by atoms with Crippen molar-refractivity contribution < 1.29 is 4.79 Å². The van der Waals surface area contributed by atoms with E-state index in [1.54, 1.807) is 6.92 Å². The van der Waals surface area contributed by atoms with Crippen LogP contribution >= 0.6 is 11.6 Å². The molecule has 1 unspecified atom stereocenters. The molecule has 0 amide bonds. The Morgan fingerprint density at radius 1 is 1.13 bits per heavy atom. The third-order valence-electron chi connectivity index (χ3n) is 4.77. The van der Waals surface area contributed by atoms with Crippen molar-refractivity contribution in [3.63, 3.8) is 0 Å². The number of Topliss-reactive ketones (excluding diaryl/α,β-unsaturated/α-hetero) is 1. The SMILES string of the molecule is CC(=O)C1CCN(Cc2ccccc2)C[C@@H]1c1ccc(Cl)cc1. The predicted molar refractivity (Wildman–Crippen MR) is 94.7 cm³/mol. The predicted octanol–water partition coefficient (Wildman–Crippen LogP) is 4.53. The summed E-state index contributed by atoms with van der Waals surface area (Å²) < 4.78 is 0. The van der Waals surface area contributed by atoms with Gasteiger partial charge < -0.3 is 0 Å². The molecule has 1 fully saturated rings. The normalized spacial score (nSPS) is 22.0. The lowest BCUT2D eigenvalue weighted by Gasteiger charge is -2.38. The molecule has 0 radical (unpaired) electrons. The first kappa shape index (κ1) is 16.2. The van der Waals surface area contributed by atoms with Crippen molar-refractivity contribution >= 4 is 17.4 Å². The Bertz CT molecular complexity index is 653. The van der Waals surface area contributed by atoms with Gasteiger partial charge in [0.1, 0.15) is 5.78 Å². The van der Waals surface area contributed by atoms with Crippen molar-refractivity contribution in [1.29, 1.82) is 0 Å². The highest BCUT2D eigenvalue weighted by Crippen LogP contribution is 2.34. The minimum Gasteiger partial charge on any atom is -0.300 e. The molecular weight excluding hydrogens is 306 g/mol. The standard InChI is InChI=1S/C20H22ClNO/c1-15(23)19-11-12-22(13-16-5-3-2-4-6-16)14-20(19)17-7-9-18(21)10-8-17/h2-10,19-20H,11-14H2,1H3/t19?,20-/m1/s1. The summed E-state index contributed by atoms with van der Waals surface area (Å²) in [6.45, 7) is 4.56. The van der Waals surface area contributed by atoms with Crippen molar-refractivity contribution in [1.82, 2.24) is 4.90 Å². The maximum atomic E-state index is 12.1. The molecule has 1 saturated heterocycles. The van der Waals surface area contributed by atoms with E-state index in [4.69, 9.17) is 11.6 Å². The maximum absolute atomic E-state index is 12.1. The number of halogens is 1. The van der Waals surface area contributed by atoms with Crippen LogP contribution < -0.4 is 0 Å². The Morgan fingerprint density at radius 3 is 2.48 bits per heavy atom. The average molecular weight is 328 g/mol. The topological polar surface area (TPSA) is 20.3 Å². The average Bonchev–Trinajstić information content (AvgIpc) is 2.56. The molecular formula is C20H22ClNO. The zero-order chi connectivity index (χ0) is 16.2. The molecule has 2 nitrogen and oxygen atoms in total. The maximum Gasteiger partial charge on any atom is 0.133 e. The van der Waals surface area contributed by atoms with E-state index in [1.807, 2.05) is 18.2 Å². The van der Waals surface area contributed by atoms with Crippen LogP contribution in [0.5, 0.6) is 0 Å². The zero-order valence-electron chi connectivity index (χ0n) is 13.4. The van der Waals surface area contributed by atoms with Crippen LogP contribution in [0.4, 0.5) is 0 Å². The second kappa shape index (κ2) is 7.29. The molecule has 23 heavy (non-hydrogen) atoms. The van der Waals surface area contributed by atoms with Crippen LogP contribution in [0.25, 0.3) is 0 Å². The number of piperidine rings is 1. The van der Waals surface area contributed by atoms with Gasteiger partial charge in [0.15, 0.2) is 0 Å². The molecule has 0 saturated carbocycles. The van der Waals surface area contributed by atoms with Crippen molar-refractivity contribution in [2.24, 2.45) is 5.92 Å². The molecule has 1 aliphatic heterocycles. The number of hydrogen-bond donors (Lipinski definition) is 0. The highest BCUT2D eigenvalue weighted by Gasteiger charge is 2.33. The van der Waals surface area contributed by atoms with Crippen molar-refractivity contribution in [2.75, 3.05) is 13.1 Å². The number of hydrogen-bond acceptors (Lipinski definition) is 2. The monoisotopic (exact) mass is 327 g/mol. The molecule has 1 heterocycles. The van der Waals surface area contributed by atoms with Gasteiger partial charge in [0.05, 0.1) is 0 Å². The number of rotatable bonds is 4. The number of carbonyl (C=O) groups is 1. The van der Waals surface area contributed by atoms with Crippen molar-refractivity contribution in [3.8, 4) is 0 Å². The van der Waals surface area contributed by atoms with Crippen LogP contribution in [0.3, 0.4) is 0 Å². The summed E-state index contributed by atoms with van der Waals surface area (Å²) in [4.78, 5) is 14.5. The van der Waals surface area contributed by atoms with E-state index in [0.29, 0.717) is 5.78 Å². The minimum absolute atomic E-state index is 0.114. The first-order chi connectivity index (χ1) is 11.1. The summed E-state index contributed by atoms with van der Waals surface area (Å²) in [7, 11) is 0. The van der Waals surface area contributed by atoms with E-state index in [2.05, 4.69) is 41.3 Å². The van der Waals surface area contributed by atoms with Crippen LogP contribution in [0, 0.1) is 5.92 Å². The van der Waals surface area contributed by atoms with Crippen molar-refractivity contribution in [2.45, 2.75) is 25.8 Å². The Kier molecular flexibility index (Phi) is 5.14. The van der Waals surface area contributed by atoms with Gasteiger partial charge in [-0.15, -0.1) is 0 Å². The van der Waals surface area contributed by atoms with Gasteiger partial charge in [0.25, 0.3) is 0 Å². The van der Waals surface area contributed by atoms with Gasteiger partial charge in [-0.05, 0) is 43.1 Å². The molecule has 2 aromatic carbocycles. The fourth-order valence-corrected chi connectivity index (χ4v) is 3.67. The lowest BCUT2D eigenvalue weighted by molar-refractivity contribution is -0.122. The first-order valence-electron chi connectivity index (χ1n) is 8.15. The molecule has 0 aliphatic carbocycles. The van der Waals surface area contributed by atoms with Crippen LogP contribution in [0.1, 0.15) is 30.4 Å². The van der Waals surface area contributed by atoms with E-state index in [-0.39, 0.29) is 11.8 Å². The number of nitrogens with zero attached hydrogens (tertiary/aromatic N) is 1. The molecule has 2 atom stereocenters. The van der Waals surface area contributed by atoms with Crippen LogP contribution in [0.15, 0.2) is 54.6 Å². The summed E-state index contributed by atoms with van der Waals surface area (Å²) in [5.41, 5.74) is 2.54. The summed E-state index contributed by atoms with van der Waals surface area (Å²) in [6.07, 6.45) is 0.926. The molecule has 0 aromatic heterocycles. The van der Waals surface area contributed by atoms with E-state index in [0.717, 1.165) is 31.1 Å². The number of likely N-dealkylation sites (tertiary alicyclic amines) is 1. The van der Waals surface area contributed by atoms with E-state index >= 15 is 0 Å². The van der Waals surface area contributed by atoms with Gasteiger partial charge in [-0.25, -0.2) is 0 Å². The second-order valence-electron chi connectivity index (χ2n) is 6.38. The molecule has 120 valence electrons. The Morgan fingerprint density at radius 2 is 1.83 bits per heavy atom. The lowest BCUT2D eigenvalue weighted by atomic mass is 9.78. The Balaban J connectivity index is 1.78. The summed E-state index contributed by atoms with van der Waals surface area (Å²) >= 11 is 6.01. The zero-order valence-corrected chi connectivity index (χ0v) is 14.2. The van der Waals surface area contributed by atoms with Gasteiger partial charge in [-0.3, -0.25) is 9.69 Å². The minimum atomic E-state index is 0.114. The number of ketones is 1. The third-order valence-corrected chi connectivity index (χ3v) is 5.02. The fraction of sp³-hybridized carbons (Fsp3) is 0.350. The molecule has 0 N–H and O–H groups in total. The van der Waals surface area contributed by atoms with E-state index in [9.17, 15) is 4.79 Å². The summed E-state index contributed by atoms with van der Waals surface area (Å²) in [5, 5.41) is 0.741. The first-order valence-corrected chi connectivity index (χ1v) is 8.53. The number of benzene rings is 2. The molecule has 1 aliphatic rings. The Labute approximate surface area is 143 Å². The van der Waals surface area contributed by atoms with E-state index in [1.165, 1.54) is 11.1 Å². The highest BCUT2D eigenvalue weighted by atomic mass is 35.5. The largest absolute Gasteiger partial charge is 0.300 e. The lowest BCUT2D eigenvalue weighted by Crippen LogP contribution is -2.41. The molecule has 3 rings (SSSR count). The smallest absolute Gasteiger partial charge is 0.133 e. The summed E-state index contributed by atoms with van der Waals surface area (Å²) in [6, 6.07) is 18.5. The van der Waals surface area contributed by atoms with Crippen LogP contribution in [0.2, 0.25) is 5.02 Å². The van der Waals surface area contributed by atoms with Crippen molar-refractivity contribution in [3.05, 3.63) is 70.7 Å². The fourth-order valence-electron chi connectivity index (χ4n) is 3.54. The van der Waals surface area contributed by atoms with E-state index < -0.39 is 0 Å². The summed E-state index contributed by atoms with van der Waals surface area (Å²) in [5.74, 6) is 0.662. The molecule has 2 aromatic rings. The molecule has 0 spiro atoms. The quantitative estimate of drug-likeness (QED) is 0.822. The van der Waals surface area contributed by atoms with Gasteiger partial charge in [0.2, 0.25) is 0 Å². The number of carbonyl (C=O) groups excluding carboxylic acids is 1. The van der Waals surface area contributed by atoms with Crippen LogP contribution in [-0.2, 0) is 11.3 Å². The highest BCUT2D eigenvalue weighted by molar-refractivity contribution is 6.30. The third kappa shape index (κ3) is 4.01.